The molecule has 3 N–H and O–H groups in total. The van der Waals surface area contributed by atoms with Crippen molar-refractivity contribution in [2.75, 3.05) is 56.2 Å². The monoisotopic (exact) mass is 612 g/mol. The Bertz CT molecular complexity index is 1580. The number of nitrogens with zero attached hydrogens (tertiary/aromatic N) is 3. The highest BCUT2D eigenvalue weighted by Gasteiger charge is 2.29. The van der Waals surface area contributed by atoms with E-state index < -0.39 is 0 Å². The summed E-state index contributed by atoms with van der Waals surface area (Å²) >= 11 is 0. The summed E-state index contributed by atoms with van der Waals surface area (Å²) in [6.07, 6.45) is 2.19. The number of hydrogen-bond donors (Lipinski definition) is 3. The van der Waals surface area contributed by atoms with Crippen molar-refractivity contribution in [1.29, 1.82) is 0 Å². The zero-order valence-electron chi connectivity index (χ0n) is 26.5. The first-order chi connectivity index (χ1) is 21.7. The van der Waals surface area contributed by atoms with Crippen molar-refractivity contribution in [2.24, 2.45) is 0 Å². The van der Waals surface area contributed by atoms with Crippen LogP contribution in [-0.4, -0.2) is 78.6 Å². The summed E-state index contributed by atoms with van der Waals surface area (Å²) in [7, 11) is 0. The summed E-state index contributed by atoms with van der Waals surface area (Å²) in [6.45, 7) is 15.8. The van der Waals surface area contributed by atoms with E-state index >= 15 is 0 Å². The van der Waals surface area contributed by atoms with Gasteiger partial charge in [0, 0.05) is 85.7 Å². The van der Waals surface area contributed by atoms with E-state index in [0.717, 1.165) is 67.6 Å². The Morgan fingerprint density at radius 1 is 1.07 bits per heavy atom. The van der Waals surface area contributed by atoms with Crippen molar-refractivity contribution in [2.45, 2.75) is 46.3 Å². The minimum absolute atomic E-state index is 0.0671. The van der Waals surface area contributed by atoms with E-state index in [1.54, 1.807) is 0 Å². The summed E-state index contributed by atoms with van der Waals surface area (Å²) in [5.41, 5.74) is 6.25. The molecule has 0 saturated carbocycles. The molecule has 3 aromatic rings. The van der Waals surface area contributed by atoms with E-state index in [2.05, 4.69) is 69.3 Å². The zero-order valence-corrected chi connectivity index (χ0v) is 26.5. The Morgan fingerprint density at radius 2 is 1.82 bits per heavy atom. The summed E-state index contributed by atoms with van der Waals surface area (Å²) in [4.78, 5) is 47.7. The fourth-order valence-electron chi connectivity index (χ4n) is 6.21. The third-order valence-corrected chi connectivity index (χ3v) is 8.61. The number of carbonyl (C=O) groups is 2. The number of pyridine rings is 1. The number of anilines is 3. The van der Waals surface area contributed by atoms with Crippen LogP contribution < -0.4 is 21.1 Å². The van der Waals surface area contributed by atoms with Crippen LogP contribution in [0.5, 0.6) is 0 Å². The van der Waals surface area contributed by atoms with Gasteiger partial charge in [0.1, 0.15) is 0 Å². The second-order valence-electron chi connectivity index (χ2n) is 11.8. The molecule has 10 nitrogen and oxygen atoms in total. The molecule has 1 unspecified atom stereocenters. The summed E-state index contributed by atoms with van der Waals surface area (Å²) in [5.74, 6) is -0.339. The fraction of sp³-hybridized carbons (Fsp3) is 0.400. The number of likely N-dealkylation sites (N-methyl/N-ethyl adjacent to an activating group) is 1. The third-order valence-electron chi connectivity index (χ3n) is 8.61. The number of amides is 2. The van der Waals surface area contributed by atoms with Crippen LogP contribution in [0, 0.1) is 13.8 Å². The average molecular weight is 613 g/mol. The van der Waals surface area contributed by atoms with Crippen LogP contribution in [0.15, 0.2) is 66.0 Å². The number of rotatable bonds is 11. The Labute approximate surface area is 265 Å². The second kappa shape index (κ2) is 14.6. The Balaban J connectivity index is 1.38. The number of aromatic nitrogens is 1. The number of morpholine rings is 1. The smallest absolute Gasteiger partial charge is 0.253 e. The standard InChI is InChI=1S/C35H44N6O4/c1-5-33(42)40-12-11-30(23-40)41(6-2)31-19-27(34(43)36-21-32-24(3)17-25(4)37-35(32)44)18-29(20-31)38-28-9-7-26(8-10-28)22-39-13-15-45-16-14-39/h5,7-10,17-20,30,38H,1,6,11-16,21-23H2,2-4H3,(H,36,43)(H,37,44). The minimum atomic E-state index is -0.272. The van der Waals surface area contributed by atoms with Crippen LogP contribution in [0.25, 0.3) is 0 Å². The molecule has 2 aromatic carbocycles. The molecule has 2 aliphatic heterocycles. The second-order valence-corrected chi connectivity index (χ2v) is 11.8. The van der Waals surface area contributed by atoms with Crippen molar-refractivity contribution >= 4 is 28.9 Å². The molecule has 0 aliphatic carbocycles. The largest absolute Gasteiger partial charge is 0.379 e. The average Bonchev–Trinajstić information content (AvgIpc) is 3.52. The quantitative estimate of drug-likeness (QED) is 0.280. The number of aryl methyl sites for hydroxylation is 2. The molecule has 2 amide bonds. The first kappa shape index (κ1) is 32.0. The molecule has 3 heterocycles. The van der Waals surface area contributed by atoms with E-state index in [1.165, 1.54) is 11.6 Å². The van der Waals surface area contributed by atoms with Crippen LogP contribution in [0.3, 0.4) is 0 Å². The molecular formula is C35H44N6O4. The number of ether oxygens (including phenoxy) is 1. The Hall–Kier alpha value is -4.41. The van der Waals surface area contributed by atoms with Gasteiger partial charge in [-0.1, -0.05) is 18.7 Å². The van der Waals surface area contributed by atoms with Gasteiger partial charge in [-0.2, -0.15) is 0 Å². The van der Waals surface area contributed by atoms with Gasteiger partial charge in [0.05, 0.1) is 13.2 Å². The van der Waals surface area contributed by atoms with E-state index in [1.807, 2.05) is 36.9 Å². The predicted molar refractivity (Wildman–Crippen MR) is 178 cm³/mol. The van der Waals surface area contributed by atoms with Crippen LogP contribution in [0.2, 0.25) is 0 Å². The van der Waals surface area contributed by atoms with E-state index in [-0.39, 0.29) is 30.0 Å². The molecule has 0 spiro atoms. The van der Waals surface area contributed by atoms with E-state index in [9.17, 15) is 14.4 Å². The number of hydrogen-bond acceptors (Lipinski definition) is 7. The number of aromatic amines is 1. The van der Waals surface area contributed by atoms with Crippen LogP contribution in [-0.2, 0) is 22.6 Å². The highest BCUT2D eigenvalue weighted by Crippen LogP contribution is 2.29. The molecule has 238 valence electrons. The van der Waals surface area contributed by atoms with Crippen LogP contribution >= 0.6 is 0 Å². The summed E-state index contributed by atoms with van der Waals surface area (Å²) in [6, 6.07) is 16.1. The lowest BCUT2D eigenvalue weighted by molar-refractivity contribution is -0.125. The lowest BCUT2D eigenvalue weighted by atomic mass is 10.1. The first-order valence-corrected chi connectivity index (χ1v) is 15.7. The van der Waals surface area contributed by atoms with Gasteiger partial charge in [0.25, 0.3) is 11.5 Å². The Kier molecular flexibility index (Phi) is 10.4. The normalized spacial score (nSPS) is 16.8. The van der Waals surface area contributed by atoms with Crippen molar-refractivity contribution in [3.8, 4) is 0 Å². The molecule has 0 radical (unpaired) electrons. The highest BCUT2D eigenvalue weighted by molar-refractivity contribution is 5.96. The molecule has 5 rings (SSSR count). The highest BCUT2D eigenvalue weighted by atomic mass is 16.5. The molecule has 1 atom stereocenters. The molecule has 2 saturated heterocycles. The van der Waals surface area contributed by atoms with Gasteiger partial charge < -0.3 is 30.2 Å². The predicted octanol–water partition coefficient (Wildman–Crippen LogP) is 4.11. The first-order valence-electron chi connectivity index (χ1n) is 15.7. The van der Waals surface area contributed by atoms with Crippen LogP contribution in [0.4, 0.5) is 17.1 Å². The van der Waals surface area contributed by atoms with Crippen molar-refractivity contribution in [1.82, 2.24) is 20.1 Å². The van der Waals surface area contributed by atoms with Crippen molar-refractivity contribution < 1.29 is 14.3 Å². The van der Waals surface area contributed by atoms with E-state index in [4.69, 9.17) is 4.74 Å². The number of benzene rings is 2. The topological polar surface area (TPSA) is 110 Å². The lowest BCUT2D eigenvalue weighted by Crippen LogP contribution is -2.38. The molecule has 0 bridgehead atoms. The van der Waals surface area contributed by atoms with Crippen molar-refractivity contribution in [3.63, 3.8) is 0 Å². The SMILES string of the molecule is C=CC(=O)N1CCC(N(CC)c2cc(Nc3ccc(CN4CCOCC4)cc3)cc(C(=O)NCc3c(C)cc(C)[nH]c3=O)c2)C1. The molecule has 2 fully saturated rings. The van der Waals surface area contributed by atoms with Crippen LogP contribution in [0.1, 0.15) is 46.1 Å². The van der Waals surface area contributed by atoms with Gasteiger partial charge in [0.2, 0.25) is 5.91 Å². The number of nitrogens with one attached hydrogen (secondary N) is 3. The molecule has 1 aromatic heterocycles. The van der Waals surface area contributed by atoms with Gasteiger partial charge in [-0.05, 0) is 80.8 Å². The lowest BCUT2D eigenvalue weighted by Gasteiger charge is -2.31. The molecular weight excluding hydrogens is 568 g/mol. The summed E-state index contributed by atoms with van der Waals surface area (Å²) in [5, 5.41) is 6.46. The van der Waals surface area contributed by atoms with Gasteiger partial charge in [-0.3, -0.25) is 19.3 Å². The third kappa shape index (κ3) is 8.01. The zero-order chi connectivity index (χ0) is 31.9. The van der Waals surface area contributed by atoms with E-state index in [0.29, 0.717) is 30.8 Å². The van der Waals surface area contributed by atoms with Gasteiger partial charge in [-0.25, -0.2) is 0 Å². The maximum Gasteiger partial charge on any atom is 0.253 e. The number of H-pyrrole nitrogens is 1. The molecule has 45 heavy (non-hydrogen) atoms. The summed E-state index contributed by atoms with van der Waals surface area (Å²) < 4.78 is 5.47. The number of likely N-dealkylation sites (tertiary alicyclic amines) is 1. The van der Waals surface area contributed by atoms with Gasteiger partial charge in [0.15, 0.2) is 0 Å². The molecule has 10 heteroatoms. The molecule has 2 aliphatic rings. The fourth-order valence-corrected chi connectivity index (χ4v) is 6.21. The van der Waals surface area contributed by atoms with Gasteiger partial charge >= 0.3 is 0 Å². The minimum Gasteiger partial charge on any atom is -0.379 e. The van der Waals surface area contributed by atoms with Gasteiger partial charge in [-0.15, -0.1) is 0 Å². The Morgan fingerprint density at radius 3 is 2.51 bits per heavy atom. The maximum absolute atomic E-state index is 13.6. The van der Waals surface area contributed by atoms with Crippen molar-refractivity contribution in [3.05, 3.63) is 99.5 Å². The number of carbonyl (C=O) groups excluding carboxylic acids is 2. The maximum atomic E-state index is 13.6.